The summed E-state index contributed by atoms with van der Waals surface area (Å²) < 4.78 is 16.6. The van der Waals surface area contributed by atoms with Gasteiger partial charge in [0.05, 0.1) is 35.0 Å². The maximum absolute atomic E-state index is 12.6. The normalized spacial score (nSPS) is 10.6. The van der Waals surface area contributed by atoms with E-state index in [0.717, 1.165) is 6.42 Å². The highest BCUT2D eigenvalue weighted by Crippen LogP contribution is 2.29. The number of carbonyl (C=O) groups excluding carboxylic acids is 3. The van der Waals surface area contributed by atoms with Crippen molar-refractivity contribution in [2.75, 3.05) is 18.5 Å². The number of halogens is 2. The molecule has 0 heterocycles. The third kappa shape index (κ3) is 8.22. The number of hydrogen-bond donors (Lipinski definition) is 2. The lowest BCUT2D eigenvalue weighted by Crippen LogP contribution is -2.32. The summed E-state index contributed by atoms with van der Waals surface area (Å²) in [5.74, 6) is -1.31. The molecule has 38 heavy (non-hydrogen) atoms. The zero-order valence-corrected chi connectivity index (χ0v) is 22.1. The molecule has 0 atom stereocenters. The molecule has 0 aromatic heterocycles. The van der Waals surface area contributed by atoms with Crippen molar-refractivity contribution >= 4 is 52.9 Å². The molecular weight excluding hydrogens is 533 g/mol. The van der Waals surface area contributed by atoms with E-state index in [9.17, 15) is 14.4 Å². The van der Waals surface area contributed by atoms with E-state index < -0.39 is 17.8 Å². The highest BCUT2D eigenvalue weighted by Gasteiger charge is 2.15. The highest BCUT2D eigenvalue weighted by atomic mass is 35.5. The molecular formula is C27H25Cl2N3O6. The zero-order chi connectivity index (χ0) is 27.5. The lowest BCUT2D eigenvalue weighted by molar-refractivity contribution is -0.136. The van der Waals surface area contributed by atoms with Crippen LogP contribution in [0.4, 0.5) is 5.69 Å². The van der Waals surface area contributed by atoms with Crippen LogP contribution in [0.5, 0.6) is 17.2 Å². The van der Waals surface area contributed by atoms with E-state index in [1.807, 2.05) is 6.92 Å². The summed E-state index contributed by atoms with van der Waals surface area (Å²) in [5.41, 5.74) is 3.31. The lowest BCUT2D eigenvalue weighted by Gasteiger charge is -2.12. The van der Waals surface area contributed by atoms with Gasteiger partial charge in [-0.3, -0.25) is 9.59 Å². The molecule has 3 aromatic rings. The van der Waals surface area contributed by atoms with Crippen LogP contribution in [0.2, 0.25) is 10.0 Å². The molecule has 2 amide bonds. The molecule has 0 radical (unpaired) electrons. The average molecular weight is 558 g/mol. The number of benzene rings is 3. The molecule has 3 aromatic carbocycles. The van der Waals surface area contributed by atoms with Crippen molar-refractivity contribution < 1.29 is 28.6 Å². The molecule has 11 heteroatoms. The van der Waals surface area contributed by atoms with Crippen molar-refractivity contribution in [1.82, 2.24) is 5.43 Å². The van der Waals surface area contributed by atoms with E-state index in [-0.39, 0.29) is 10.8 Å². The van der Waals surface area contributed by atoms with E-state index in [1.165, 1.54) is 24.4 Å². The topological polar surface area (TPSA) is 115 Å². The number of amides is 2. The maximum Gasteiger partial charge on any atom is 0.343 e. The zero-order valence-electron chi connectivity index (χ0n) is 20.6. The van der Waals surface area contributed by atoms with E-state index in [2.05, 4.69) is 15.8 Å². The van der Waals surface area contributed by atoms with Gasteiger partial charge in [0.25, 0.3) is 0 Å². The first-order valence-electron chi connectivity index (χ1n) is 11.6. The van der Waals surface area contributed by atoms with Crippen LogP contribution >= 0.6 is 23.2 Å². The van der Waals surface area contributed by atoms with Crippen molar-refractivity contribution in [3.8, 4) is 17.2 Å². The Morgan fingerprint density at radius 3 is 2.32 bits per heavy atom. The minimum atomic E-state index is -0.992. The summed E-state index contributed by atoms with van der Waals surface area (Å²) in [7, 11) is 0. The third-order valence-electron chi connectivity index (χ3n) is 4.80. The summed E-state index contributed by atoms with van der Waals surface area (Å²) in [4.78, 5) is 36.7. The Morgan fingerprint density at radius 2 is 1.63 bits per heavy atom. The van der Waals surface area contributed by atoms with Crippen LogP contribution in [-0.4, -0.2) is 37.2 Å². The second-order valence-corrected chi connectivity index (χ2v) is 8.50. The number of hydrazone groups is 1. The molecule has 0 aliphatic rings. The summed E-state index contributed by atoms with van der Waals surface area (Å²) >= 11 is 11.7. The van der Waals surface area contributed by atoms with E-state index in [4.69, 9.17) is 37.4 Å². The van der Waals surface area contributed by atoms with Crippen molar-refractivity contribution in [2.45, 2.75) is 20.3 Å². The van der Waals surface area contributed by atoms with Gasteiger partial charge in [-0.25, -0.2) is 10.2 Å². The van der Waals surface area contributed by atoms with Crippen molar-refractivity contribution in [3.63, 3.8) is 0 Å². The fourth-order valence-corrected chi connectivity index (χ4v) is 3.30. The number of rotatable bonds is 10. The van der Waals surface area contributed by atoms with Gasteiger partial charge >= 0.3 is 17.8 Å². The van der Waals surface area contributed by atoms with Crippen LogP contribution in [0.25, 0.3) is 0 Å². The molecule has 0 aliphatic heterocycles. The predicted octanol–water partition coefficient (Wildman–Crippen LogP) is 5.49. The van der Waals surface area contributed by atoms with Gasteiger partial charge in [0.1, 0.15) is 5.75 Å². The van der Waals surface area contributed by atoms with Gasteiger partial charge in [-0.15, -0.1) is 0 Å². The molecule has 0 unspecified atom stereocenters. The first-order chi connectivity index (χ1) is 18.3. The number of hydrogen-bond acceptors (Lipinski definition) is 7. The quantitative estimate of drug-likeness (QED) is 0.112. The Kier molecular flexibility index (Phi) is 10.5. The number of ether oxygens (including phenoxy) is 3. The molecule has 0 spiro atoms. The maximum atomic E-state index is 12.6. The highest BCUT2D eigenvalue weighted by molar-refractivity contribution is 6.43. The largest absolute Gasteiger partial charge is 0.494 e. The third-order valence-corrected chi connectivity index (χ3v) is 5.54. The number of carbonyl (C=O) groups is 3. The van der Waals surface area contributed by atoms with Gasteiger partial charge in [-0.2, -0.15) is 5.10 Å². The number of nitrogens with zero attached hydrogens (tertiary/aromatic N) is 1. The smallest absolute Gasteiger partial charge is 0.343 e. The van der Waals surface area contributed by atoms with Gasteiger partial charge in [0.2, 0.25) is 0 Å². The Labute approximate surface area is 229 Å². The number of nitrogens with one attached hydrogen (secondary N) is 2. The van der Waals surface area contributed by atoms with Crippen molar-refractivity contribution in [2.24, 2.45) is 5.10 Å². The van der Waals surface area contributed by atoms with E-state index in [1.54, 1.807) is 49.4 Å². The minimum Gasteiger partial charge on any atom is -0.494 e. The Hall–Kier alpha value is -4.08. The fourth-order valence-electron chi connectivity index (χ4n) is 3.00. The first-order valence-corrected chi connectivity index (χ1v) is 12.4. The molecule has 2 N–H and O–H groups in total. The Bertz CT molecular complexity index is 1330. The predicted molar refractivity (Wildman–Crippen MR) is 146 cm³/mol. The summed E-state index contributed by atoms with van der Waals surface area (Å²) in [6.45, 7) is 4.70. The second kappa shape index (κ2) is 14.0. The monoisotopic (exact) mass is 557 g/mol. The average Bonchev–Trinajstić information content (AvgIpc) is 2.91. The number of anilines is 1. The minimum absolute atomic E-state index is 0.213. The van der Waals surface area contributed by atoms with Crippen LogP contribution in [0.1, 0.15) is 36.2 Å². The molecule has 0 aliphatic carbocycles. The van der Waals surface area contributed by atoms with Gasteiger partial charge in [-0.05, 0) is 79.6 Å². The molecule has 0 bridgehead atoms. The molecule has 3 rings (SSSR count). The standard InChI is InChI=1S/C27H25Cl2N3O6/c1-3-13-37-20-9-6-18(7-10-20)27(35)38-23-12-5-17(14-24(23)36-4-2)16-30-32-26(34)25(33)31-19-8-11-21(28)22(29)15-19/h5-12,14-16H,3-4,13H2,1-2H3,(H,31,33)(H,32,34)/b30-16-. The molecule has 198 valence electrons. The molecule has 0 saturated heterocycles. The molecule has 0 fully saturated rings. The Balaban J connectivity index is 1.61. The van der Waals surface area contributed by atoms with Gasteiger partial charge in [0.15, 0.2) is 11.5 Å². The van der Waals surface area contributed by atoms with Crippen molar-refractivity contribution in [1.29, 1.82) is 0 Å². The fraction of sp³-hybridized carbons (Fsp3) is 0.185. The van der Waals surface area contributed by atoms with Crippen LogP contribution in [0, 0.1) is 0 Å². The van der Waals surface area contributed by atoms with Crippen LogP contribution in [0.15, 0.2) is 65.8 Å². The molecule has 0 saturated carbocycles. The van der Waals surface area contributed by atoms with Crippen LogP contribution in [0.3, 0.4) is 0 Å². The molecule has 9 nitrogen and oxygen atoms in total. The lowest BCUT2D eigenvalue weighted by atomic mass is 10.2. The van der Waals surface area contributed by atoms with Crippen LogP contribution in [-0.2, 0) is 9.59 Å². The van der Waals surface area contributed by atoms with E-state index >= 15 is 0 Å². The summed E-state index contributed by atoms with van der Waals surface area (Å²) in [6, 6.07) is 15.8. The first kappa shape index (κ1) is 28.5. The number of esters is 1. The summed E-state index contributed by atoms with van der Waals surface area (Å²) in [6.07, 6.45) is 2.19. The van der Waals surface area contributed by atoms with Gasteiger partial charge in [0, 0.05) is 5.69 Å². The van der Waals surface area contributed by atoms with Crippen LogP contribution < -0.4 is 25.0 Å². The van der Waals surface area contributed by atoms with Gasteiger partial charge in [-0.1, -0.05) is 30.1 Å². The second-order valence-electron chi connectivity index (χ2n) is 7.68. The SMILES string of the molecule is CCCOc1ccc(C(=O)Oc2ccc(/C=N\NC(=O)C(=O)Nc3ccc(Cl)c(Cl)c3)cc2OCC)cc1. The summed E-state index contributed by atoms with van der Waals surface area (Å²) in [5, 5.41) is 6.74. The Morgan fingerprint density at radius 1 is 0.868 bits per heavy atom. The van der Waals surface area contributed by atoms with Crippen molar-refractivity contribution in [3.05, 3.63) is 81.8 Å². The van der Waals surface area contributed by atoms with E-state index in [0.29, 0.717) is 46.5 Å². The van der Waals surface area contributed by atoms with Gasteiger partial charge < -0.3 is 19.5 Å².